The van der Waals surface area contributed by atoms with Gasteiger partial charge in [0.25, 0.3) is 0 Å². The van der Waals surface area contributed by atoms with Crippen LogP contribution in [0.5, 0.6) is 0 Å². The average Bonchev–Trinajstić information content (AvgIpc) is 2.50. The minimum atomic E-state index is -0.677. The summed E-state index contributed by atoms with van der Waals surface area (Å²) in [7, 11) is 0. The van der Waals surface area contributed by atoms with Gasteiger partial charge in [0.15, 0.2) is 0 Å². The van der Waals surface area contributed by atoms with E-state index in [2.05, 4.69) is 43.4 Å². The van der Waals surface area contributed by atoms with Crippen LogP contribution in [-0.4, -0.2) is 16.9 Å². The van der Waals surface area contributed by atoms with Gasteiger partial charge in [-0.3, -0.25) is 4.79 Å². The first-order valence-electron chi connectivity index (χ1n) is 9.18. The third kappa shape index (κ3) is 32.3. The molecule has 0 aliphatic carbocycles. The van der Waals surface area contributed by atoms with Crippen LogP contribution >= 0.6 is 0 Å². The van der Waals surface area contributed by atoms with E-state index in [0.29, 0.717) is 6.42 Å². The van der Waals surface area contributed by atoms with Crippen molar-refractivity contribution in [2.24, 2.45) is 0 Å². The first-order valence-corrected chi connectivity index (χ1v) is 9.18. The summed E-state index contributed by atoms with van der Waals surface area (Å²) in [5, 5.41) is 8.50. The lowest BCUT2D eigenvalue weighted by atomic mass is 10.1. The zero-order chi connectivity index (χ0) is 18.5. The standard InChI is InChI=1S/C18H30O2.C3H6O/c1-2-3-4-5-6-7-8-9-10-11-12-13-14-15-16-17-18(19)20;1-3(2)4/h5-10H,2-4,11-17H2,1H3,(H,19,20);1-2H3. The second-order valence-corrected chi connectivity index (χ2v) is 5.99. The molecule has 0 aliphatic rings. The number of carbonyl (C=O) groups is 2. The SMILES string of the molecule is CC(C)=O.CCCCC=CC=CC=CCCCCCCCC(=O)O. The summed E-state index contributed by atoms with van der Waals surface area (Å²) in [5.41, 5.74) is 0. The summed E-state index contributed by atoms with van der Waals surface area (Å²) in [5.74, 6) is -0.511. The van der Waals surface area contributed by atoms with Crippen molar-refractivity contribution >= 4 is 11.8 Å². The molecular formula is C21H36O3. The van der Waals surface area contributed by atoms with Gasteiger partial charge in [-0.1, -0.05) is 75.5 Å². The molecule has 0 bridgehead atoms. The number of Topliss-reactive ketones (excluding diaryl/α,β-unsaturated/α-hetero) is 1. The smallest absolute Gasteiger partial charge is 0.303 e. The van der Waals surface area contributed by atoms with Gasteiger partial charge in [-0.25, -0.2) is 0 Å². The van der Waals surface area contributed by atoms with Gasteiger partial charge in [0.2, 0.25) is 0 Å². The molecule has 0 amide bonds. The van der Waals surface area contributed by atoms with Crippen LogP contribution in [0.4, 0.5) is 0 Å². The molecule has 0 fully saturated rings. The third-order valence-corrected chi connectivity index (χ3v) is 3.09. The summed E-state index contributed by atoms with van der Waals surface area (Å²) in [6.45, 7) is 5.26. The maximum absolute atomic E-state index is 10.3. The van der Waals surface area contributed by atoms with E-state index in [-0.39, 0.29) is 5.78 Å². The molecule has 24 heavy (non-hydrogen) atoms. The molecule has 0 spiro atoms. The lowest BCUT2D eigenvalue weighted by Gasteiger charge is -1.97. The van der Waals surface area contributed by atoms with Crippen LogP contribution in [0.2, 0.25) is 0 Å². The summed E-state index contributed by atoms with van der Waals surface area (Å²) < 4.78 is 0. The normalized spacial score (nSPS) is 11.1. The number of rotatable bonds is 13. The van der Waals surface area contributed by atoms with Crippen LogP contribution in [0.1, 0.15) is 85.0 Å². The van der Waals surface area contributed by atoms with E-state index in [1.807, 2.05) is 0 Å². The van der Waals surface area contributed by atoms with Crippen LogP contribution in [0.15, 0.2) is 36.5 Å². The lowest BCUT2D eigenvalue weighted by Crippen LogP contribution is -1.93. The highest BCUT2D eigenvalue weighted by atomic mass is 16.4. The zero-order valence-corrected chi connectivity index (χ0v) is 15.8. The fraction of sp³-hybridized carbons (Fsp3) is 0.619. The molecule has 1 N–H and O–H groups in total. The number of aliphatic carboxylic acids is 1. The number of hydrogen-bond acceptors (Lipinski definition) is 2. The molecule has 0 aliphatic heterocycles. The molecule has 0 heterocycles. The molecule has 3 nitrogen and oxygen atoms in total. The molecule has 0 saturated heterocycles. The molecule has 0 saturated carbocycles. The van der Waals surface area contributed by atoms with Gasteiger partial charge in [0.05, 0.1) is 0 Å². The topological polar surface area (TPSA) is 54.4 Å². The molecule has 0 atom stereocenters. The van der Waals surface area contributed by atoms with E-state index < -0.39 is 5.97 Å². The quantitative estimate of drug-likeness (QED) is 0.319. The van der Waals surface area contributed by atoms with Crippen LogP contribution in [0.25, 0.3) is 0 Å². The van der Waals surface area contributed by atoms with Gasteiger partial charge >= 0.3 is 5.97 Å². The number of ketones is 1. The predicted molar refractivity (Wildman–Crippen MR) is 103 cm³/mol. The van der Waals surface area contributed by atoms with Crippen LogP contribution in [0.3, 0.4) is 0 Å². The summed E-state index contributed by atoms with van der Waals surface area (Å²) in [6.07, 6.45) is 23.3. The maximum Gasteiger partial charge on any atom is 0.303 e. The van der Waals surface area contributed by atoms with E-state index in [1.54, 1.807) is 0 Å². The minimum Gasteiger partial charge on any atom is -0.481 e. The predicted octanol–water partition coefficient (Wildman–Crippen LogP) is 6.26. The van der Waals surface area contributed by atoms with Gasteiger partial charge in [-0.2, -0.15) is 0 Å². The van der Waals surface area contributed by atoms with Gasteiger partial charge in [-0.05, 0) is 39.5 Å². The minimum absolute atomic E-state index is 0.167. The van der Waals surface area contributed by atoms with Crippen molar-refractivity contribution in [3.05, 3.63) is 36.5 Å². The molecule has 138 valence electrons. The number of carbonyl (C=O) groups excluding carboxylic acids is 1. The monoisotopic (exact) mass is 336 g/mol. The maximum atomic E-state index is 10.3. The van der Waals surface area contributed by atoms with E-state index in [4.69, 9.17) is 5.11 Å². The Morgan fingerprint density at radius 1 is 0.750 bits per heavy atom. The molecule has 0 aromatic carbocycles. The van der Waals surface area contributed by atoms with Crippen LogP contribution in [-0.2, 0) is 9.59 Å². The van der Waals surface area contributed by atoms with Crippen molar-refractivity contribution in [2.45, 2.75) is 85.0 Å². The molecule has 3 heteroatoms. The van der Waals surface area contributed by atoms with E-state index in [0.717, 1.165) is 25.7 Å². The summed E-state index contributed by atoms with van der Waals surface area (Å²) in [6, 6.07) is 0. The highest BCUT2D eigenvalue weighted by Crippen LogP contribution is 2.07. The van der Waals surface area contributed by atoms with Crippen molar-refractivity contribution in [1.82, 2.24) is 0 Å². The fourth-order valence-electron chi connectivity index (χ4n) is 1.87. The van der Waals surface area contributed by atoms with Crippen molar-refractivity contribution in [1.29, 1.82) is 0 Å². The molecule has 0 rings (SSSR count). The average molecular weight is 337 g/mol. The first kappa shape index (κ1) is 24.6. The Hall–Kier alpha value is -1.64. The second kappa shape index (κ2) is 21.4. The van der Waals surface area contributed by atoms with E-state index in [1.165, 1.54) is 46.0 Å². The Kier molecular flexibility index (Phi) is 21.9. The lowest BCUT2D eigenvalue weighted by molar-refractivity contribution is -0.137. The van der Waals surface area contributed by atoms with Crippen molar-refractivity contribution in [3.8, 4) is 0 Å². The van der Waals surface area contributed by atoms with E-state index >= 15 is 0 Å². The van der Waals surface area contributed by atoms with E-state index in [9.17, 15) is 9.59 Å². The largest absolute Gasteiger partial charge is 0.481 e. The van der Waals surface area contributed by atoms with Gasteiger partial charge in [0, 0.05) is 6.42 Å². The number of allylic oxidation sites excluding steroid dienone is 6. The number of unbranched alkanes of at least 4 members (excludes halogenated alkanes) is 7. The first-order chi connectivity index (χ1) is 11.5. The summed E-state index contributed by atoms with van der Waals surface area (Å²) >= 11 is 0. The molecule has 0 unspecified atom stereocenters. The second-order valence-electron chi connectivity index (χ2n) is 5.99. The van der Waals surface area contributed by atoms with Crippen molar-refractivity contribution in [2.75, 3.05) is 0 Å². The molecule has 0 aromatic heterocycles. The highest BCUT2D eigenvalue weighted by molar-refractivity contribution is 5.72. The Morgan fingerprint density at radius 3 is 1.71 bits per heavy atom. The van der Waals surface area contributed by atoms with Crippen molar-refractivity contribution < 1.29 is 14.7 Å². The Bertz CT molecular complexity index is 375. The van der Waals surface area contributed by atoms with Crippen LogP contribution < -0.4 is 0 Å². The fourth-order valence-corrected chi connectivity index (χ4v) is 1.87. The van der Waals surface area contributed by atoms with Crippen LogP contribution in [0, 0.1) is 0 Å². The number of carboxylic acids is 1. The summed E-state index contributed by atoms with van der Waals surface area (Å²) in [4.78, 5) is 19.8. The molecule has 0 radical (unpaired) electrons. The Morgan fingerprint density at radius 2 is 1.21 bits per heavy atom. The van der Waals surface area contributed by atoms with Crippen molar-refractivity contribution in [3.63, 3.8) is 0 Å². The highest BCUT2D eigenvalue weighted by Gasteiger charge is 1.95. The third-order valence-electron chi connectivity index (χ3n) is 3.09. The number of carboxylic acid groups (broad SMARTS) is 1. The number of hydrogen-bond donors (Lipinski definition) is 1. The molecular weight excluding hydrogens is 300 g/mol. The Balaban J connectivity index is 0. The Labute approximate surface area is 148 Å². The van der Waals surface area contributed by atoms with Gasteiger partial charge < -0.3 is 9.90 Å². The van der Waals surface area contributed by atoms with Gasteiger partial charge in [0.1, 0.15) is 5.78 Å². The zero-order valence-electron chi connectivity index (χ0n) is 15.8. The molecule has 0 aromatic rings. The van der Waals surface area contributed by atoms with Gasteiger partial charge in [-0.15, -0.1) is 0 Å².